The minimum absolute atomic E-state index is 0.533. The van der Waals surface area contributed by atoms with Gasteiger partial charge in [-0.05, 0) is 28.0 Å². The number of carbonyl (C=O) groups is 1. The van der Waals surface area contributed by atoms with E-state index in [0.29, 0.717) is 5.56 Å². The average molecular weight is 304 g/mol. The van der Waals surface area contributed by atoms with Crippen molar-refractivity contribution in [3.8, 4) is 0 Å². The Labute approximate surface area is 134 Å². The molecule has 23 heavy (non-hydrogen) atoms. The molecule has 0 heterocycles. The number of amides is 1. The summed E-state index contributed by atoms with van der Waals surface area (Å²) >= 11 is 0. The first-order chi connectivity index (χ1) is 11.2. The highest BCUT2D eigenvalue weighted by atomic mass is 16.3. The third kappa shape index (κ3) is 3.62. The summed E-state index contributed by atoms with van der Waals surface area (Å²) in [6.07, 6.45) is 0.326. The van der Waals surface area contributed by atoms with Gasteiger partial charge in [-0.2, -0.15) is 5.10 Å². The molecule has 0 aliphatic rings. The molecule has 0 saturated heterocycles. The number of aliphatic hydroxyl groups is 1. The van der Waals surface area contributed by atoms with Crippen molar-refractivity contribution in [3.05, 3.63) is 83.9 Å². The monoisotopic (exact) mass is 304 g/mol. The third-order valence-electron chi connectivity index (χ3n) is 3.53. The number of nitrogens with one attached hydrogen (secondary N) is 1. The molecular weight excluding hydrogens is 288 g/mol. The van der Waals surface area contributed by atoms with Gasteiger partial charge in [-0.15, -0.1) is 0 Å². The van der Waals surface area contributed by atoms with Gasteiger partial charge in [-0.25, -0.2) is 5.43 Å². The Hall–Kier alpha value is -2.98. The summed E-state index contributed by atoms with van der Waals surface area (Å²) in [6.45, 7) is 0. The average Bonchev–Trinajstić information content (AvgIpc) is 2.61. The van der Waals surface area contributed by atoms with Gasteiger partial charge in [0.25, 0.3) is 5.91 Å². The second-order valence-corrected chi connectivity index (χ2v) is 5.15. The Morgan fingerprint density at radius 2 is 1.65 bits per heavy atom. The first kappa shape index (κ1) is 14.9. The second kappa shape index (κ2) is 6.85. The van der Waals surface area contributed by atoms with E-state index in [2.05, 4.69) is 10.5 Å². The molecule has 1 atom stereocenters. The fourth-order valence-corrected chi connectivity index (χ4v) is 2.31. The van der Waals surface area contributed by atoms with Crippen molar-refractivity contribution in [1.82, 2.24) is 5.43 Å². The summed E-state index contributed by atoms with van der Waals surface area (Å²) in [5.41, 5.74) is 3.76. The summed E-state index contributed by atoms with van der Waals surface area (Å²) in [5.74, 6) is -0.562. The highest BCUT2D eigenvalue weighted by molar-refractivity contribution is 5.91. The number of rotatable bonds is 4. The van der Waals surface area contributed by atoms with Gasteiger partial charge in [0.05, 0.1) is 6.21 Å². The van der Waals surface area contributed by atoms with Crippen LogP contribution in [0.3, 0.4) is 0 Å². The zero-order valence-corrected chi connectivity index (χ0v) is 12.4. The topological polar surface area (TPSA) is 61.7 Å². The normalized spacial score (nSPS) is 12.4. The smallest absolute Gasteiger partial charge is 0.273 e. The minimum Gasteiger partial charge on any atom is -0.378 e. The molecule has 3 aromatic carbocycles. The lowest BCUT2D eigenvalue weighted by molar-refractivity contribution is -0.129. The molecular formula is C19H16N2O2. The number of carbonyl (C=O) groups excluding carboxylic acids is 1. The highest BCUT2D eigenvalue weighted by Gasteiger charge is 2.15. The first-order valence-corrected chi connectivity index (χ1v) is 7.29. The number of benzene rings is 3. The van der Waals surface area contributed by atoms with E-state index < -0.39 is 12.0 Å². The predicted molar refractivity (Wildman–Crippen MR) is 91.1 cm³/mol. The zero-order valence-electron chi connectivity index (χ0n) is 12.4. The van der Waals surface area contributed by atoms with Crippen molar-refractivity contribution in [1.29, 1.82) is 0 Å². The van der Waals surface area contributed by atoms with Crippen LogP contribution in [0.4, 0.5) is 0 Å². The molecule has 0 aromatic heterocycles. The van der Waals surface area contributed by atoms with E-state index >= 15 is 0 Å². The van der Waals surface area contributed by atoms with Gasteiger partial charge in [0.2, 0.25) is 0 Å². The van der Waals surface area contributed by atoms with Crippen LogP contribution in [-0.2, 0) is 4.79 Å². The molecule has 3 aromatic rings. The summed E-state index contributed by atoms with van der Waals surface area (Å²) in [4.78, 5) is 11.9. The van der Waals surface area contributed by atoms with E-state index in [0.717, 1.165) is 16.3 Å². The summed E-state index contributed by atoms with van der Waals surface area (Å²) in [6, 6.07) is 22.7. The van der Waals surface area contributed by atoms with E-state index in [9.17, 15) is 9.90 Å². The van der Waals surface area contributed by atoms with Crippen LogP contribution in [-0.4, -0.2) is 17.2 Å². The number of fused-ring (bicyclic) bond motifs is 1. The lowest BCUT2D eigenvalue weighted by Crippen LogP contribution is -2.25. The summed E-state index contributed by atoms with van der Waals surface area (Å²) in [5, 5.41) is 16.1. The van der Waals surface area contributed by atoms with E-state index in [1.807, 2.05) is 48.5 Å². The molecule has 0 unspecified atom stereocenters. The molecule has 0 saturated carbocycles. The van der Waals surface area contributed by atoms with Crippen LogP contribution in [0.2, 0.25) is 0 Å². The quantitative estimate of drug-likeness (QED) is 0.575. The molecule has 3 rings (SSSR count). The zero-order chi connectivity index (χ0) is 16.1. The highest BCUT2D eigenvalue weighted by Crippen LogP contribution is 2.14. The minimum atomic E-state index is -1.23. The number of hydrogen-bond donors (Lipinski definition) is 2. The van der Waals surface area contributed by atoms with Gasteiger partial charge < -0.3 is 5.11 Å². The van der Waals surface area contributed by atoms with Crippen LogP contribution >= 0.6 is 0 Å². The number of aliphatic hydroxyl groups excluding tert-OH is 1. The van der Waals surface area contributed by atoms with Crippen LogP contribution in [0, 0.1) is 0 Å². The van der Waals surface area contributed by atoms with Crippen LogP contribution < -0.4 is 5.43 Å². The van der Waals surface area contributed by atoms with Crippen molar-refractivity contribution in [2.75, 3.05) is 0 Å². The van der Waals surface area contributed by atoms with Gasteiger partial charge in [-0.1, -0.05) is 66.7 Å². The Morgan fingerprint density at radius 3 is 2.43 bits per heavy atom. The second-order valence-electron chi connectivity index (χ2n) is 5.15. The Morgan fingerprint density at radius 1 is 0.957 bits per heavy atom. The van der Waals surface area contributed by atoms with Gasteiger partial charge >= 0.3 is 0 Å². The largest absolute Gasteiger partial charge is 0.378 e. The van der Waals surface area contributed by atoms with E-state index in [4.69, 9.17) is 0 Å². The molecule has 0 spiro atoms. The van der Waals surface area contributed by atoms with E-state index in [1.165, 1.54) is 0 Å². The molecule has 0 fully saturated rings. The van der Waals surface area contributed by atoms with E-state index in [-0.39, 0.29) is 0 Å². The third-order valence-corrected chi connectivity index (χ3v) is 3.53. The molecule has 4 nitrogen and oxygen atoms in total. The van der Waals surface area contributed by atoms with Crippen molar-refractivity contribution < 1.29 is 9.90 Å². The maximum atomic E-state index is 11.9. The standard InChI is InChI=1S/C19H16N2O2/c22-18(16-7-2-1-3-8-16)19(23)21-20-13-14-10-11-15-6-4-5-9-17(15)12-14/h1-13,18,22H,(H,21,23)/b20-13-/t18-/m1/s1. The number of nitrogens with zero attached hydrogens (tertiary/aromatic N) is 1. The SMILES string of the molecule is O=C(N/N=C\c1ccc2ccccc2c1)[C@H](O)c1ccccc1. The predicted octanol–water partition coefficient (Wildman–Crippen LogP) is 3.02. The molecule has 4 heteroatoms. The Bertz CT molecular complexity index is 844. The molecule has 0 aliphatic heterocycles. The lowest BCUT2D eigenvalue weighted by atomic mass is 10.1. The maximum Gasteiger partial charge on any atom is 0.273 e. The van der Waals surface area contributed by atoms with Crippen LogP contribution in [0.25, 0.3) is 10.8 Å². The number of hydrogen-bond acceptors (Lipinski definition) is 3. The van der Waals surface area contributed by atoms with Crippen molar-refractivity contribution in [2.24, 2.45) is 5.10 Å². The first-order valence-electron chi connectivity index (χ1n) is 7.29. The molecule has 0 aliphatic carbocycles. The Balaban J connectivity index is 1.66. The molecule has 0 radical (unpaired) electrons. The van der Waals surface area contributed by atoms with Crippen LogP contribution in [0.1, 0.15) is 17.2 Å². The summed E-state index contributed by atoms with van der Waals surface area (Å²) < 4.78 is 0. The molecule has 2 N–H and O–H groups in total. The van der Waals surface area contributed by atoms with Crippen LogP contribution in [0.15, 0.2) is 77.9 Å². The Kier molecular flexibility index (Phi) is 4.45. The van der Waals surface area contributed by atoms with Crippen LogP contribution in [0.5, 0.6) is 0 Å². The number of hydrazone groups is 1. The molecule has 1 amide bonds. The van der Waals surface area contributed by atoms with Gasteiger partial charge in [0.1, 0.15) is 0 Å². The van der Waals surface area contributed by atoms with Crippen molar-refractivity contribution in [2.45, 2.75) is 6.10 Å². The van der Waals surface area contributed by atoms with Gasteiger partial charge in [0.15, 0.2) is 6.10 Å². The maximum absolute atomic E-state index is 11.9. The molecule has 114 valence electrons. The van der Waals surface area contributed by atoms with E-state index in [1.54, 1.807) is 30.5 Å². The van der Waals surface area contributed by atoms with Crippen molar-refractivity contribution >= 4 is 22.9 Å². The molecule has 0 bridgehead atoms. The fraction of sp³-hybridized carbons (Fsp3) is 0.0526. The van der Waals surface area contributed by atoms with Gasteiger partial charge in [0, 0.05) is 0 Å². The lowest BCUT2D eigenvalue weighted by Gasteiger charge is -2.08. The fourth-order valence-electron chi connectivity index (χ4n) is 2.31. The van der Waals surface area contributed by atoms with Gasteiger partial charge in [-0.3, -0.25) is 4.79 Å². The van der Waals surface area contributed by atoms with Crippen molar-refractivity contribution in [3.63, 3.8) is 0 Å². The summed E-state index contributed by atoms with van der Waals surface area (Å²) in [7, 11) is 0.